The Morgan fingerprint density at radius 3 is 2.50 bits per heavy atom. The van der Waals surface area contributed by atoms with E-state index in [4.69, 9.17) is 5.73 Å². The van der Waals surface area contributed by atoms with E-state index < -0.39 is 10.0 Å². The number of sulfonamides is 1. The van der Waals surface area contributed by atoms with Gasteiger partial charge in [-0.3, -0.25) is 0 Å². The van der Waals surface area contributed by atoms with E-state index in [2.05, 4.69) is 6.92 Å². The molecule has 1 aliphatic rings. The van der Waals surface area contributed by atoms with Gasteiger partial charge < -0.3 is 5.73 Å². The van der Waals surface area contributed by atoms with Gasteiger partial charge in [0.2, 0.25) is 10.0 Å². The van der Waals surface area contributed by atoms with Crippen molar-refractivity contribution >= 4 is 15.7 Å². The first-order chi connectivity index (χ1) is 8.34. The Labute approximate surface area is 109 Å². The number of hydrogen-bond donors (Lipinski definition) is 1. The lowest BCUT2D eigenvalue weighted by Gasteiger charge is -2.23. The second kappa shape index (κ2) is 4.55. The van der Waals surface area contributed by atoms with Crippen LogP contribution in [0.2, 0.25) is 0 Å². The van der Waals surface area contributed by atoms with E-state index >= 15 is 0 Å². The predicted octanol–water partition coefficient (Wildman–Crippen LogP) is 2.00. The molecule has 1 heterocycles. The standard InChI is InChI=1S/C13H20N2O2S/c1-9-7-11(3)15(8-9)18(16,17)13-10(2)5-4-6-12(13)14/h4-6,9,11H,7-8,14H2,1-3H3. The van der Waals surface area contributed by atoms with Gasteiger partial charge in [-0.05, 0) is 37.8 Å². The second-order valence-corrected chi connectivity index (χ2v) is 7.09. The fourth-order valence-electron chi connectivity index (χ4n) is 2.74. The van der Waals surface area contributed by atoms with Crippen molar-refractivity contribution in [2.24, 2.45) is 5.92 Å². The van der Waals surface area contributed by atoms with Gasteiger partial charge in [0.15, 0.2) is 0 Å². The van der Waals surface area contributed by atoms with Crippen molar-refractivity contribution in [1.29, 1.82) is 0 Å². The van der Waals surface area contributed by atoms with E-state index in [9.17, 15) is 8.42 Å². The summed E-state index contributed by atoms with van der Waals surface area (Å²) in [6.45, 7) is 6.40. The van der Waals surface area contributed by atoms with Gasteiger partial charge in [-0.1, -0.05) is 19.1 Å². The average Bonchev–Trinajstić information content (AvgIpc) is 2.57. The molecule has 1 fully saturated rings. The lowest BCUT2D eigenvalue weighted by molar-refractivity contribution is 0.405. The first-order valence-corrected chi connectivity index (χ1v) is 7.65. The van der Waals surface area contributed by atoms with Crippen molar-refractivity contribution in [1.82, 2.24) is 4.31 Å². The minimum absolute atomic E-state index is 0.0454. The maximum Gasteiger partial charge on any atom is 0.245 e. The maximum absolute atomic E-state index is 12.7. The summed E-state index contributed by atoms with van der Waals surface area (Å²) in [5.41, 5.74) is 6.89. The number of hydrogen-bond acceptors (Lipinski definition) is 3. The third kappa shape index (κ3) is 2.12. The summed E-state index contributed by atoms with van der Waals surface area (Å²) >= 11 is 0. The van der Waals surface area contributed by atoms with Gasteiger partial charge in [0, 0.05) is 12.6 Å². The van der Waals surface area contributed by atoms with Crippen molar-refractivity contribution in [3.05, 3.63) is 23.8 Å². The number of aryl methyl sites for hydroxylation is 1. The minimum Gasteiger partial charge on any atom is -0.398 e. The molecule has 0 aliphatic carbocycles. The van der Waals surface area contributed by atoms with Crippen LogP contribution in [-0.2, 0) is 10.0 Å². The van der Waals surface area contributed by atoms with Crippen LogP contribution >= 0.6 is 0 Å². The molecule has 100 valence electrons. The van der Waals surface area contributed by atoms with Gasteiger partial charge in [0.25, 0.3) is 0 Å². The highest BCUT2D eigenvalue weighted by atomic mass is 32.2. The summed E-state index contributed by atoms with van der Waals surface area (Å²) in [6, 6.07) is 5.25. The zero-order valence-electron chi connectivity index (χ0n) is 11.1. The summed E-state index contributed by atoms with van der Waals surface area (Å²) < 4.78 is 26.9. The number of rotatable bonds is 2. The highest BCUT2D eigenvalue weighted by molar-refractivity contribution is 7.89. The Balaban J connectivity index is 2.49. The van der Waals surface area contributed by atoms with E-state index in [-0.39, 0.29) is 10.9 Å². The molecule has 0 aromatic heterocycles. The van der Waals surface area contributed by atoms with Crippen molar-refractivity contribution in [3.8, 4) is 0 Å². The van der Waals surface area contributed by atoms with Crippen LogP contribution in [0.1, 0.15) is 25.8 Å². The van der Waals surface area contributed by atoms with Gasteiger partial charge in [-0.15, -0.1) is 0 Å². The van der Waals surface area contributed by atoms with Crippen molar-refractivity contribution < 1.29 is 8.42 Å². The Bertz CT molecular complexity index is 534. The van der Waals surface area contributed by atoms with Crippen LogP contribution in [-0.4, -0.2) is 25.3 Å². The van der Waals surface area contributed by atoms with Gasteiger partial charge in [-0.2, -0.15) is 4.31 Å². The molecule has 1 saturated heterocycles. The summed E-state index contributed by atoms with van der Waals surface area (Å²) in [6.07, 6.45) is 0.908. The highest BCUT2D eigenvalue weighted by Crippen LogP contribution is 2.32. The topological polar surface area (TPSA) is 63.4 Å². The third-order valence-electron chi connectivity index (χ3n) is 3.54. The van der Waals surface area contributed by atoms with E-state index in [1.807, 2.05) is 6.92 Å². The van der Waals surface area contributed by atoms with Crippen LogP contribution in [0.25, 0.3) is 0 Å². The molecule has 1 aromatic rings. The van der Waals surface area contributed by atoms with Crippen LogP contribution in [0.5, 0.6) is 0 Å². The van der Waals surface area contributed by atoms with Crippen LogP contribution in [0.3, 0.4) is 0 Å². The molecule has 2 rings (SSSR count). The van der Waals surface area contributed by atoms with Crippen LogP contribution in [0, 0.1) is 12.8 Å². The first-order valence-electron chi connectivity index (χ1n) is 6.21. The monoisotopic (exact) mass is 268 g/mol. The predicted molar refractivity (Wildman–Crippen MR) is 72.7 cm³/mol. The SMILES string of the molecule is Cc1cccc(N)c1S(=O)(=O)N1CC(C)CC1C. The van der Waals surface area contributed by atoms with E-state index in [0.717, 1.165) is 6.42 Å². The number of anilines is 1. The average molecular weight is 268 g/mol. The fraction of sp³-hybridized carbons (Fsp3) is 0.538. The lowest BCUT2D eigenvalue weighted by atomic mass is 10.1. The zero-order valence-corrected chi connectivity index (χ0v) is 11.9. The molecule has 2 atom stereocenters. The summed E-state index contributed by atoms with van der Waals surface area (Å²) in [4.78, 5) is 0.269. The van der Waals surface area contributed by atoms with Crippen LogP contribution < -0.4 is 5.73 Å². The van der Waals surface area contributed by atoms with Crippen molar-refractivity contribution in [2.45, 2.75) is 38.1 Å². The van der Waals surface area contributed by atoms with Crippen molar-refractivity contribution in [3.63, 3.8) is 0 Å². The Kier molecular flexibility index (Phi) is 3.38. The molecule has 5 heteroatoms. The molecule has 18 heavy (non-hydrogen) atoms. The Hall–Kier alpha value is -1.07. The fourth-order valence-corrected chi connectivity index (χ4v) is 4.83. The molecule has 1 aromatic carbocycles. The van der Waals surface area contributed by atoms with E-state index in [1.165, 1.54) is 0 Å². The smallest absolute Gasteiger partial charge is 0.245 e. The largest absolute Gasteiger partial charge is 0.398 e. The van der Waals surface area contributed by atoms with E-state index in [1.54, 1.807) is 29.4 Å². The Morgan fingerprint density at radius 2 is 2.00 bits per heavy atom. The molecule has 2 N–H and O–H groups in total. The molecule has 0 saturated carbocycles. The number of nitrogens with two attached hydrogens (primary N) is 1. The minimum atomic E-state index is -3.47. The molecule has 2 unspecified atom stereocenters. The Morgan fingerprint density at radius 1 is 1.33 bits per heavy atom. The highest BCUT2D eigenvalue weighted by Gasteiger charge is 2.37. The molecule has 0 spiro atoms. The quantitative estimate of drug-likeness (QED) is 0.834. The van der Waals surface area contributed by atoms with Crippen LogP contribution in [0.15, 0.2) is 23.1 Å². The zero-order chi connectivity index (χ0) is 13.5. The van der Waals surface area contributed by atoms with Crippen molar-refractivity contribution in [2.75, 3.05) is 12.3 Å². The van der Waals surface area contributed by atoms with Crippen LogP contribution in [0.4, 0.5) is 5.69 Å². The molecular formula is C13H20N2O2S. The van der Waals surface area contributed by atoms with Gasteiger partial charge in [0.05, 0.1) is 5.69 Å². The number of nitrogens with zero attached hydrogens (tertiary/aromatic N) is 1. The third-order valence-corrected chi connectivity index (χ3v) is 5.74. The molecule has 0 amide bonds. The number of nitrogen functional groups attached to an aromatic ring is 1. The molecule has 1 aliphatic heterocycles. The summed E-state index contributed by atoms with van der Waals surface area (Å²) in [5, 5.41) is 0. The first kappa shape index (κ1) is 13.4. The van der Waals surface area contributed by atoms with Gasteiger partial charge >= 0.3 is 0 Å². The summed E-state index contributed by atoms with van der Waals surface area (Å²) in [5.74, 6) is 0.403. The number of benzene rings is 1. The normalized spacial score (nSPS) is 25.5. The van der Waals surface area contributed by atoms with Gasteiger partial charge in [-0.25, -0.2) is 8.42 Å². The molecular weight excluding hydrogens is 248 g/mol. The maximum atomic E-state index is 12.7. The van der Waals surface area contributed by atoms with Gasteiger partial charge in [0.1, 0.15) is 4.90 Å². The lowest BCUT2D eigenvalue weighted by Crippen LogP contribution is -2.34. The molecule has 0 bridgehead atoms. The molecule has 0 radical (unpaired) electrons. The second-order valence-electron chi connectivity index (χ2n) is 5.26. The van der Waals surface area contributed by atoms with E-state index in [0.29, 0.717) is 23.7 Å². The summed E-state index contributed by atoms with van der Waals surface area (Å²) in [7, 11) is -3.47. The molecule has 4 nitrogen and oxygen atoms in total.